The first-order valence-corrected chi connectivity index (χ1v) is 8.97. The van der Waals surface area contributed by atoms with Crippen LogP contribution in [-0.2, 0) is 16.0 Å². The Morgan fingerprint density at radius 2 is 2.12 bits per heavy atom. The van der Waals surface area contributed by atoms with Gasteiger partial charge in [-0.3, -0.25) is 9.69 Å². The Morgan fingerprint density at radius 1 is 1.32 bits per heavy atom. The summed E-state index contributed by atoms with van der Waals surface area (Å²) >= 11 is 0. The molecule has 134 valence electrons. The van der Waals surface area contributed by atoms with Crippen LogP contribution in [0.5, 0.6) is 0 Å². The third-order valence-electron chi connectivity index (χ3n) is 5.51. The Bertz CT molecular complexity index is 769. The lowest BCUT2D eigenvalue weighted by molar-refractivity contribution is -0.129. The van der Waals surface area contributed by atoms with Gasteiger partial charge in [0.05, 0.1) is 19.6 Å². The summed E-state index contributed by atoms with van der Waals surface area (Å²) in [5, 5.41) is 0.797. The highest BCUT2D eigenvalue weighted by Crippen LogP contribution is 2.25. The lowest BCUT2D eigenvalue weighted by Crippen LogP contribution is -2.47. The molecule has 5 nitrogen and oxygen atoms in total. The summed E-state index contributed by atoms with van der Waals surface area (Å²) in [5.74, 6) is 0.304. The van der Waals surface area contributed by atoms with Crippen LogP contribution in [-0.4, -0.2) is 66.1 Å². The van der Waals surface area contributed by atoms with Gasteiger partial charge in [0.15, 0.2) is 0 Å². The molecule has 2 aromatic rings. The molecular weight excluding hydrogens is 321 g/mol. The quantitative estimate of drug-likeness (QED) is 0.926. The van der Waals surface area contributed by atoms with Crippen LogP contribution < -0.4 is 0 Å². The van der Waals surface area contributed by atoms with Crippen molar-refractivity contribution in [2.24, 2.45) is 5.92 Å². The summed E-state index contributed by atoms with van der Waals surface area (Å²) in [6.45, 7) is 7.22. The Labute approximate surface area is 146 Å². The number of rotatable bonds is 3. The Kier molecular flexibility index (Phi) is 4.48. The topological polar surface area (TPSA) is 48.6 Å². The molecule has 3 heterocycles. The number of hydrogen-bond donors (Lipinski definition) is 1. The number of nitrogens with zero attached hydrogens (tertiary/aromatic N) is 2. The van der Waals surface area contributed by atoms with E-state index in [2.05, 4.69) is 16.8 Å². The van der Waals surface area contributed by atoms with Crippen molar-refractivity contribution in [3.63, 3.8) is 0 Å². The molecule has 0 saturated carbocycles. The number of carbonyl (C=O) groups excluding carboxylic acids is 1. The van der Waals surface area contributed by atoms with Gasteiger partial charge in [0.2, 0.25) is 5.91 Å². The minimum Gasteiger partial charge on any atom is -0.379 e. The van der Waals surface area contributed by atoms with Gasteiger partial charge in [-0.15, -0.1) is 0 Å². The molecule has 1 aromatic heterocycles. The van der Waals surface area contributed by atoms with Crippen molar-refractivity contribution in [1.29, 1.82) is 0 Å². The van der Waals surface area contributed by atoms with Gasteiger partial charge in [0.25, 0.3) is 0 Å². The molecular formula is C19H24FN3O2. The van der Waals surface area contributed by atoms with E-state index in [1.807, 2.05) is 11.1 Å². The van der Waals surface area contributed by atoms with Crippen molar-refractivity contribution < 1.29 is 13.9 Å². The van der Waals surface area contributed by atoms with Crippen LogP contribution in [0.4, 0.5) is 4.39 Å². The maximum Gasteiger partial charge on any atom is 0.227 e. The third kappa shape index (κ3) is 3.28. The number of morpholine rings is 1. The molecule has 2 atom stereocenters. The number of aromatic amines is 1. The van der Waals surface area contributed by atoms with Gasteiger partial charge in [0, 0.05) is 49.3 Å². The highest BCUT2D eigenvalue weighted by atomic mass is 19.1. The lowest BCUT2D eigenvalue weighted by atomic mass is 10.0. The van der Waals surface area contributed by atoms with Gasteiger partial charge < -0.3 is 14.6 Å². The summed E-state index contributed by atoms with van der Waals surface area (Å²) in [6, 6.07) is 5.05. The smallest absolute Gasteiger partial charge is 0.227 e. The molecule has 2 saturated heterocycles. The van der Waals surface area contributed by atoms with Gasteiger partial charge in [-0.25, -0.2) is 4.39 Å². The highest BCUT2D eigenvalue weighted by molar-refractivity contribution is 5.89. The van der Waals surface area contributed by atoms with Crippen LogP contribution in [0.25, 0.3) is 10.9 Å². The third-order valence-corrected chi connectivity index (χ3v) is 5.51. The van der Waals surface area contributed by atoms with Gasteiger partial charge in [0.1, 0.15) is 5.82 Å². The number of carbonyl (C=O) groups is 1. The van der Waals surface area contributed by atoms with Crippen LogP contribution in [0.1, 0.15) is 12.5 Å². The maximum absolute atomic E-state index is 13.5. The second kappa shape index (κ2) is 6.77. The predicted molar refractivity (Wildman–Crippen MR) is 93.9 cm³/mol. The fourth-order valence-electron chi connectivity index (χ4n) is 4.11. The Morgan fingerprint density at radius 3 is 2.92 bits per heavy atom. The Balaban J connectivity index is 1.45. The summed E-state index contributed by atoms with van der Waals surface area (Å²) < 4.78 is 18.9. The average Bonchev–Trinajstić information content (AvgIpc) is 3.19. The van der Waals surface area contributed by atoms with E-state index in [-0.39, 0.29) is 11.7 Å². The molecule has 2 aliphatic heterocycles. The van der Waals surface area contributed by atoms with E-state index >= 15 is 0 Å². The molecule has 0 bridgehead atoms. The van der Waals surface area contributed by atoms with Gasteiger partial charge in [-0.1, -0.05) is 6.92 Å². The number of ether oxygens (including phenoxy) is 1. The number of fused-ring (bicyclic) bond motifs is 1. The number of aromatic nitrogens is 1. The Hall–Kier alpha value is -1.92. The van der Waals surface area contributed by atoms with Crippen LogP contribution in [0.2, 0.25) is 0 Å². The van der Waals surface area contributed by atoms with E-state index in [0.717, 1.165) is 55.9 Å². The molecule has 1 N–H and O–H groups in total. The molecule has 0 spiro atoms. The zero-order chi connectivity index (χ0) is 17.4. The second-order valence-electron chi connectivity index (χ2n) is 7.17. The number of amides is 1. The van der Waals surface area contributed by atoms with E-state index in [1.54, 1.807) is 6.07 Å². The first-order valence-electron chi connectivity index (χ1n) is 8.97. The predicted octanol–water partition coefficient (Wildman–Crippen LogP) is 2.03. The average molecular weight is 345 g/mol. The molecule has 1 amide bonds. The first kappa shape index (κ1) is 16.5. The molecule has 25 heavy (non-hydrogen) atoms. The molecule has 0 radical (unpaired) electrons. The van der Waals surface area contributed by atoms with E-state index in [1.165, 1.54) is 12.1 Å². The lowest BCUT2D eigenvalue weighted by Gasteiger charge is -2.34. The summed E-state index contributed by atoms with van der Waals surface area (Å²) in [6.07, 6.45) is 2.13. The van der Waals surface area contributed by atoms with E-state index < -0.39 is 0 Å². The SMILES string of the molecule is C[C@@H]1CN(C(=O)Cc2c[nH]c3ccc(F)cc23)C[C@@H]1N1CCOCC1. The zero-order valence-corrected chi connectivity index (χ0v) is 14.5. The van der Waals surface area contributed by atoms with Crippen LogP contribution in [0, 0.1) is 11.7 Å². The summed E-state index contributed by atoms with van der Waals surface area (Å²) in [5.41, 5.74) is 1.73. The van der Waals surface area contributed by atoms with E-state index in [4.69, 9.17) is 4.74 Å². The molecule has 2 aliphatic rings. The van der Waals surface area contributed by atoms with Crippen molar-refractivity contribution in [2.45, 2.75) is 19.4 Å². The molecule has 4 rings (SSSR count). The van der Waals surface area contributed by atoms with Crippen molar-refractivity contribution in [3.8, 4) is 0 Å². The summed E-state index contributed by atoms with van der Waals surface area (Å²) in [4.78, 5) is 20.3. The summed E-state index contributed by atoms with van der Waals surface area (Å²) in [7, 11) is 0. The monoisotopic (exact) mass is 345 g/mol. The van der Waals surface area contributed by atoms with Crippen molar-refractivity contribution >= 4 is 16.8 Å². The largest absolute Gasteiger partial charge is 0.379 e. The van der Waals surface area contributed by atoms with Gasteiger partial charge in [-0.05, 0) is 29.7 Å². The number of likely N-dealkylation sites (tertiary alicyclic amines) is 1. The van der Waals surface area contributed by atoms with Gasteiger partial charge >= 0.3 is 0 Å². The minimum absolute atomic E-state index is 0.118. The highest BCUT2D eigenvalue weighted by Gasteiger charge is 2.36. The van der Waals surface area contributed by atoms with Crippen LogP contribution in [0.15, 0.2) is 24.4 Å². The maximum atomic E-state index is 13.5. The number of hydrogen-bond acceptors (Lipinski definition) is 3. The van der Waals surface area contributed by atoms with E-state index in [0.29, 0.717) is 18.4 Å². The molecule has 2 fully saturated rings. The van der Waals surface area contributed by atoms with E-state index in [9.17, 15) is 9.18 Å². The van der Waals surface area contributed by atoms with Crippen molar-refractivity contribution in [2.75, 3.05) is 39.4 Å². The molecule has 6 heteroatoms. The zero-order valence-electron chi connectivity index (χ0n) is 14.5. The minimum atomic E-state index is -0.275. The first-order chi connectivity index (χ1) is 12.1. The van der Waals surface area contributed by atoms with Crippen LogP contribution >= 0.6 is 0 Å². The molecule has 0 aliphatic carbocycles. The number of benzene rings is 1. The molecule has 1 aromatic carbocycles. The van der Waals surface area contributed by atoms with Crippen molar-refractivity contribution in [1.82, 2.24) is 14.8 Å². The fraction of sp³-hybridized carbons (Fsp3) is 0.526. The number of H-pyrrole nitrogens is 1. The second-order valence-corrected chi connectivity index (χ2v) is 7.17. The number of nitrogens with one attached hydrogen (secondary N) is 1. The standard InChI is InChI=1S/C19H24FN3O2/c1-13-11-23(12-18(13)22-4-6-25-7-5-22)19(24)8-14-10-21-17-3-2-15(20)9-16(14)17/h2-3,9-10,13,18,21H,4-8,11-12H2,1H3/t13-,18+/m1/s1. The fourth-order valence-corrected chi connectivity index (χ4v) is 4.11. The normalized spacial score (nSPS) is 25.0. The van der Waals surface area contributed by atoms with Crippen molar-refractivity contribution in [3.05, 3.63) is 35.8 Å². The molecule has 0 unspecified atom stereocenters. The van der Waals surface area contributed by atoms with Gasteiger partial charge in [-0.2, -0.15) is 0 Å². The number of halogens is 1. The van der Waals surface area contributed by atoms with Crippen LogP contribution in [0.3, 0.4) is 0 Å².